The Morgan fingerprint density at radius 3 is 1.81 bits per heavy atom. The number of likely N-dealkylation sites (N-methyl/N-ethyl adjacent to an activating group) is 1. The summed E-state index contributed by atoms with van der Waals surface area (Å²) < 4.78 is 27.8. The highest BCUT2D eigenvalue weighted by Crippen LogP contribution is 2.28. The second-order valence-corrected chi connectivity index (χ2v) is 12.9. The Bertz CT molecular complexity index is 2210. The molecule has 5 aromatic heterocycles. The normalized spacial score (nSPS) is 16.6. The van der Waals surface area contributed by atoms with Crippen molar-refractivity contribution in [2.24, 2.45) is 5.92 Å². The van der Waals surface area contributed by atoms with Crippen molar-refractivity contribution >= 4 is 23.4 Å². The van der Waals surface area contributed by atoms with E-state index in [-0.39, 0.29) is 71.1 Å². The Balaban J connectivity index is 1.17. The maximum Gasteiger partial charge on any atom is 0.307 e. The lowest BCUT2D eigenvalue weighted by Gasteiger charge is -2.25. The molecule has 0 spiro atoms. The van der Waals surface area contributed by atoms with Crippen LogP contribution in [0.5, 0.6) is 0 Å². The first-order chi connectivity index (χ1) is 25.6. The summed E-state index contributed by atoms with van der Waals surface area (Å²) in [5.74, 6) is -2.11. The van der Waals surface area contributed by atoms with Gasteiger partial charge in [0.05, 0.1) is 12.2 Å². The van der Waals surface area contributed by atoms with Crippen LogP contribution in [-0.2, 0) is 22.6 Å². The monoisotopic (exact) mass is 724 g/mol. The zero-order valence-corrected chi connectivity index (χ0v) is 29.2. The summed E-state index contributed by atoms with van der Waals surface area (Å²) in [6.07, 6.45) is 6.73. The lowest BCUT2D eigenvalue weighted by Crippen LogP contribution is -2.56. The number of hydrogen-bond donors (Lipinski definition) is 4. The predicted octanol–water partition coefficient (Wildman–Crippen LogP) is 3.38. The number of carbonyl (C=O) groups is 3. The van der Waals surface area contributed by atoms with E-state index in [0.717, 1.165) is 24.3 Å². The largest absolute Gasteiger partial charge is 0.443 e. The number of rotatable bonds is 7. The van der Waals surface area contributed by atoms with Crippen LogP contribution in [0, 0.1) is 5.92 Å². The molecule has 0 saturated carbocycles. The second-order valence-electron chi connectivity index (χ2n) is 12.9. The van der Waals surface area contributed by atoms with E-state index < -0.39 is 29.8 Å². The lowest BCUT2D eigenvalue weighted by atomic mass is 10.0. The van der Waals surface area contributed by atoms with E-state index in [9.17, 15) is 14.4 Å². The maximum absolute atomic E-state index is 13.8. The van der Waals surface area contributed by atoms with E-state index in [2.05, 4.69) is 51.1 Å². The maximum atomic E-state index is 13.8. The summed E-state index contributed by atoms with van der Waals surface area (Å²) >= 11 is 0. The van der Waals surface area contributed by atoms with Crippen molar-refractivity contribution in [2.75, 3.05) is 32.5 Å². The van der Waals surface area contributed by atoms with Crippen molar-refractivity contribution in [3.8, 4) is 46.3 Å². The topological polar surface area (TPSA) is 233 Å². The first-order valence-corrected chi connectivity index (χ1v) is 16.7. The van der Waals surface area contributed by atoms with Gasteiger partial charge in [0.25, 0.3) is 5.89 Å². The van der Waals surface area contributed by atoms with Gasteiger partial charge < -0.3 is 48.3 Å². The van der Waals surface area contributed by atoms with Crippen molar-refractivity contribution in [3.63, 3.8) is 0 Å². The van der Waals surface area contributed by atoms with Crippen LogP contribution in [0.25, 0.3) is 46.3 Å². The molecule has 53 heavy (non-hydrogen) atoms. The average molecular weight is 725 g/mol. The van der Waals surface area contributed by atoms with Crippen LogP contribution < -0.4 is 21.3 Å². The van der Waals surface area contributed by atoms with Gasteiger partial charge in [0.2, 0.25) is 35.4 Å². The highest BCUT2D eigenvalue weighted by Gasteiger charge is 2.31. The molecule has 0 fully saturated rings. The van der Waals surface area contributed by atoms with E-state index in [1.165, 1.54) is 31.3 Å². The Morgan fingerprint density at radius 1 is 0.717 bits per heavy atom. The van der Waals surface area contributed by atoms with Gasteiger partial charge in [-0.25, -0.2) is 19.9 Å². The van der Waals surface area contributed by atoms with E-state index in [1.54, 1.807) is 13.8 Å². The zero-order valence-electron chi connectivity index (χ0n) is 29.2. The van der Waals surface area contributed by atoms with Crippen LogP contribution in [-0.4, -0.2) is 86.8 Å². The van der Waals surface area contributed by atoms with Gasteiger partial charge >= 0.3 is 5.91 Å². The Kier molecular flexibility index (Phi) is 9.85. The van der Waals surface area contributed by atoms with Gasteiger partial charge in [-0.3, -0.25) is 14.4 Å². The van der Waals surface area contributed by atoms with Gasteiger partial charge in [-0.15, -0.1) is 0 Å². The number of amides is 3. The molecular weight excluding hydrogens is 688 g/mol. The summed E-state index contributed by atoms with van der Waals surface area (Å²) in [4.78, 5) is 64.7. The molecule has 4 N–H and O–H groups in total. The molecule has 6 heterocycles. The van der Waals surface area contributed by atoms with Crippen LogP contribution in [0.2, 0.25) is 0 Å². The molecule has 2 atom stereocenters. The quantitative estimate of drug-likeness (QED) is 0.185. The minimum Gasteiger partial charge on any atom is -0.443 e. The van der Waals surface area contributed by atoms with Gasteiger partial charge in [-0.2, -0.15) is 4.98 Å². The third kappa shape index (κ3) is 8.01. The standard InChI is InChI=1S/C35H36N10O8/c1-18(2)27-29(47)39-22(11-19-5-7-20(8-6-19)36-9-10-45(3)4)28(46)37-12-21-13-49-31(38-21)23-14-50-32(40-23)24-15-51-33(41-24)25-16-52-34(42-25)26-17-53-35(43-26)30(48)44-27/h5-8,13-18,22,27,36H,9-12H2,1-4H3,(H,37,46)(H,39,47)(H,44,48). The predicted molar refractivity (Wildman–Crippen MR) is 186 cm³/mol. The first kappa shape index (κ1) is 34.9. The summed E-state index contributed by atoms with van der Waals surface area (Å²) in [6.45, 7) is 5.13. The number of oxazole rings is 5. The van der Waals surface area contributed by atoms with Crippen molar-refractivity contribution in [1.29, 1.82) is 0 Å². The fourth-order valence-electron chi connectivity index (χ4n) is 5.38. The first-order valence-electron chi connectivity index (χ1n) is 16.7. The van der Waals surface area contributed by atoms with Gasteiger partial charge in [-0.1, -0.05) is 26.0 Å². The molecule has 10 bridgehead atoms. The van der Waals surface area contributed by atoms with Crippen molar-refractivity contribution in [2.45, 2.75) is 38.9 Å². The van der Waals surface area contributed by atoms with Gasteiger partial charge in [0.1, 0.15) is 43.4 Å². The molecule has 274 valence electrons. The van der Waals surface area contributed by atoms with Crippen molar-refractivity contribution in [3.05, 3.63) is 72.7 Å². The number of hydrogen-bond acceptors (Lipinski definition) is 15. The number of fused-ring (bicyclic) bond motifs is 14. The number of nitrogens with one attached hydrogen (secondary N) is 4. The van der Waals surface area contributed by atoms with Crippen molar-refractivity contribution in [1.82, 2.24) is 45.8 Å². The van der Waals surface area contributed by atoms with E-state index in [1.807, 2.05) is 38.4 Å². The van der Waals surface area contributed by atoms with Crippen LogP contribution in [0.15, 0.2) is 77.7 Å². The molecule has 0 saturated heterocycles. The van der Waals surface area contributed by atoms with Gasteiger partial charge in [0, 0.05) is 25.2 Å². The molecule has 1 aliphatic heterocycles. The Hall–Kier alpha value is -6.56. The summed E-state index contributed by atoms with van der Waals surface area (Å²) in [6, 6.07) is 5.53. The molecule has 2 unspecified atom stereocenters. The average Bonchev–Trinajstić information content (AvgIpc) is 3.98. The lowest BCUT2D eigenvalue weighted by molar-refractivity contribution is -0.130. The Morgan fingerprint density at radius 2 is 1.25 bits per heavy atom. The second kappa shape index (κ2) is 15.0. The third-order valence-corrected chi connectivity index (χ3v) is 8.23. The van der Waals surface area contributed by atoms with Crippen molar-refractivity contribution < 1.29 is 36.5 Å². The molecule has 7 rings (SSSR count). The number of anilines is 1. The fraction of sp³-hybridized carbons (Fsp3) is 0.314. The molecular formula is C35H36N10O8. The van der Waals surface area contributed by atoms with Crippen LogP contribution >= 0.6 is 0 Å². The summed E-state index contributed by atoms with van der Waals surface area (Å²) in [5.41, 5.74) is 3.03. The zero-order chi connectivity index (χ0) is 37.1. The fourth-order valence-corrected chi connectivity index (χ4v) is 5.38. The molecule has 3 amide bonds. The van der Waals surface area contributed by atoms with Gasteiger partial charge in [0.15, 0.2) is 22.8 Å². The Labute approximate surface area is 301 Å². The third-order valence-electron chi connectivity index (χ3n) is 8.23. The summed E-state index contributed by atoms with van der Waals surface area (Å²) in [7, 11) is 4.00. The number of nitrogens with zero attached hydrogens (tertiary/aromatic N) is 6. The minimum atomic E-state index is -1.06. The smallest absolute Gasteiger partial charge is 0.307 e. The molecule has 0 radical (unpaired) electrons. The molecule has 6 aromatic rings. The molecule has 18 nitrogen and oxygen atoms in total. The highest BCUT2D eigenvalue weighted by molar-refractivity contribution is 5.96. The van der Waals surface area contributed by atoms with Crippen LogP contribution in [0.1, 0.15) is 35.8 Å². The van der Waals surface area contributed by atoms with Crippen LogP contribution in [0.4, 0.5) is 5.69 Å². The minimum absolute atomic E-state index is 0.0165. The number of carbonyl (C=O) groups excluding carboxylic acids is 3. The van der Waals surface area contributed by atoms with E-state index in [0.29, 0.717) is 5.69 Å². The number of aromatic nitrogens is 5. The highest BCUT2D eigenvalue weighted by atomic mass is 16.4. The molecule has 1 aliphatic rings. The molecule has 0 aliphatic carbocycles. The van der Waals surface area contributed by atoms with Crippen LogP contribution in [0.3, 0.4) is 0 Å². The van der Waals surface area contributed by atoms with E-state index in [4.69, 9.17) is 22.1 Å². The van der Waals surface area contributed by atoms with E-state index >= 15 is 0 Å². The van der Waals surface area contributed by atoms with Gasteiger partial charge in [-0.05, 0) is 37.7 Å². The number of benzene rings is 1. The molecule has 1 aromatic carbocycles. The summed E-state index contributed by atoms with van der Waals surface area (Å²) in [5, 5.41) is 11.7. The SMILES string of the molecule is CC(C)C1NC(=O)c2nc(co2)-c2nc(co2)-c2nc(co2)-c2nc(co2)-c2nc(co2)CNC(=O)C(Cc2ccc(NCCN(C)C)cc2)NC1=O. The molecule has 18 heteroatoms.